The highest BCUT2D eigenvalue weighted by atomic mass is 16.6. The van der Waals surface area contributed by atoms with Gasteiger partial charge in [0.25, 0.3) is 0 Å². The Hall–Kier alpha value is -1.71. The monoisotopic (exact) mass is 252 g/mol. The maximum atomic E-state index is 11.6. The Morgan fingerprint density at radius 3 is 2.06 bits per heavy atom. The summed E-state index contributed by atoms with van der Waals surface area (Å²) in [5.74, 6) is 1.17. The Balaban J connectivity index is 2.97. The highest BCUT2D eigenvalue weighted by Crippen LogP contribution is 2.37. The Labute approximate surface area is 108 Å². The van der Waals surface area contributed by atoms with E-state index in [1.165, 1.54) is 0 Å². The molecule has 0 unspecified atom stereocenters. The van der Waals surface area contributed by atoms with Gasteiger partial charge in [0.1, 0.15) is 0 Å². The number of hydrogen-bond acceptors (Lipinski definition) is 4. The highest BCUT2D eigenvalue weighted by Gasteiger charge is 2.15. The van der Waals surface area contributed by atoms with Crippen LogP contribution in [-0.2, 0) is 4.79 Å². The fourth-order valence-corrected chi connectivity index (χ4v) is 1.50. The van der Waals surface area contributed by atoms with Crippen LogP contribution in [0.25, 0.3) is 0 Å². The predicted molar refractivity (Wildman–Crippen MR) is 69.3 cm³/mol. The van der Waals surface area contributed by atoms with Gasteiger partial charge in [-0.2, -0.15) is 0 Å². The fourth-order valence-electron chi connectivity index (χ4n) is 1.50. The minimum atomic E-state index is -0.273. The number of esters is 1. The first-order valence-electron chi connectivity index (χ1n) is 6.32. The van der Waals surface area contributed by atoms with Crippen molar-refractivity contribution in [1.29, 1.82) is 0 Å². The van der Waals surface area contributed by atoms with E-state index in [9.17, 15) is 4.79 Å². The molecule has 1 rings (SSSR count). The molecule has 0 aliphatic heterocycles. The Morgan fingerprint density at radius 2 is 1.61 bits per heavy atom. The van der Waals surface area contributed by atoms with Crippen LogP contribution in [0.5, 0.6) is 17.2 Å². The largest absolute Gasteiger partial charge is 0.490 e. The Bertz CT molecular complexity index is 363. The van der Waals surface area contributed by atoms with Crippen molar-refractivity contribution in [3.05, 3.63) is 18.2 Å². The number of rotatable bonds is 7. The van der Waals surface area contributed by atoms with E-state index in [0.29, 0.717) is 36.9 Å². The van der Waals surface area contributed by atoms with Gasteiger partial charge in [0.15, 0.2) is 11.5 Å². The molecule has 0 N–H and O–H groups in total. The average Bonchev–Trinajstić information content (AvgIpc) is 2.34. The maximum Gasteiger partial charge on any atom is 0.311 e. The number of carbonyl (C=O) groups excluding carboxylic acids is 1. The Morgan fingerprint density at radius 1 is 1.06 bits per heavy atom. The van der Waals surface area contributed by atoms with Crippen molar-refractivity contribution in [2.24, 2.45) is 0 Å². The molecule has 0 saturated carbocycles. The van der Waals surface area contributed by atoms with Gasteiger partial charge in [-0.25, -0.2) is 0 Å². The number of hydrogen-bond donors (Lipinski definition) is 0. The lowest BCUT2D eigenvalue weighted by atomic mass is 10.3. The molecule has 1 aromatic rings. The van der Waals surface area contributed by atoms with Crippen LogP contribution in [0.15, 0.2) is 18.2 Å². The number of para-hydroxylation sites is 1. The quantitative estimate of drug-likeness (QED) is 0.552. The fraction of sp³-hybridized carbons (Fsp3) is 0.500. The van der Waals surface area contributed by atoms with Gasteiger partial charge in [-0.1, -0.05) is 13.0 Å². The topological polar surface area (TPSA) is 44.8 Å². The molecular formula is C14H20O4. The van der Waals surface area contributed by atoms with Crippen LogP contribution in [0.1, 0.15) is 33.6 Å². The van der Waals surface area contributed by atoms with E-state index in [2.05, 4.69) is 0 Å². The second kappa shape index (κ2) is 7.58. The zero-order valence-electron chi connectivity index (χ0n) is 11.2. The molecule has 0 bridgehead atoms. The molecule has 0 spiro atoms. The average molecular weight is 252 g/mol. The first-order chi connectivity index (χ1) is 8.72. The third-order valence-corrected chi connectivity index (χ3v) is 2.21. The van der Waals surface area contributed by atoms with Crippen LogP contribution in [0, 0.1) is 0 Å². The van der Waals surface area contributed by atoms with E-state index in [1.807, 2.05) is 26.8 Å². The summed E-state index contributed by atoms with van der Waals surface area (Å²) in [5, 5.41) is 0. The molecule has 0 fully saturated rings. The smallest absolute Gasteiger partial charge is 0.311 e. The van der Waals surface area contributed by atoms with Crippen molar-refractivity contribution in [2.45, 2.75) is 33.6 Å². The predicted octanol–water partition coefficient (Wildman–Crippen LogP) is 3.19. The lowest BCUT2D eigenvalue weighted by Crippen LogP contribution is -2.10. The summed E-state index contributed by atoms with van der Waals surface area (Å²) < 4.78 is 16.2. The summed E-state index contributed by atoms with van der Waals surface area (Å²) in [5.41, 5.74) is 0. The second-order valence-electron chi connectivity index (χ2n) is 3.67. The van der Waals surface area contributed by atoms with Crippen LogP contribution in [0.4, 0.5) is 0 Å². The minimum absolute atomic E-state index is 0.273. The van der Waals surface area contributed by atoms with Gasteiger partial charge in [0, 0.05) is 6.42 Å². The molecule has 1 aromatic carbocycles. The van der Waals surface area contributed by atoms with E-state index in [4.69, 9.17) is 14.2 Å². The standard InChI is InChI=1S/C14H20O4/c1-4-8-13(15)18-14-11(16-5-2)9-7-10-12(14)17-6-3/h7,9-10H,4-6,8H2,1-3H3. The van der Waals surface area contributed by atoms with Gasteiger partial charge in [-0.05, 0) is 32.4 Å². The summed E-state index contributed by atoms with van der Waals surface area (Å²) in [4.78, 5) is 11.6. The van der Waals surface area contributed by atoms with Crippen molar-refractivity contribution >= 4 is 5.97 Å². The number of ether oxygens (including phenoxy) is 3. The summed E-state index contributed by atoms with van der Waals surface area (Å²) in [6.45, 7) is 6.71. The third kappa shape index (κ3) is 3.95. The molecule has 0 aromatic heterocycles. The summed E-state index contributed by atoms with van der Waals surface area (Å²) in [6, 6.07) is 5.34. The molecule has 18 heavy (non-hydrogen) atoms. The molecule has 0 aliphatic carbocycles. The molecule has 0 atom stereocenters. The number of carbonyl (C=O) groups is 1. The van der Waals surface area contributed by atoms with E-state index in [-0.39, 0.29) is 5.97 Å². The van der Waals surface area contributed by atoms with E-state index < -0.39 is 0 Å². The molecule has 0 saturated heterocycles. The van der Waals surface area contributed by atoms with Crippen molar-refractivity contribution in [3.63, 3.8) is 0 Å². The molecule has 4 nitrogen and oxygen atoms in total. The Kier molecular flexibility index (Phi) is 6.05. The molecule has 0 amide bonds. The van der Waals surface area contributed by atoms with Crippen molar-refractivity contribution in [3.8, 4) is 17.2 Å². The first kappa shape index (κ1) is 14.4. The summed E-state index contributed by atoms with van der Waals surface area (Å²) in [6.07, 6.45) is 1.13. The van der Waals surface area contributed by atoms with Crippen molar-refractivity contribution in [2.75, 3.05) is 13.2 Å². The zero-order chi connectivity index (χ0) is 13.4. The van der Waals surface area contributed by atoms with Gasteiger partial charge >= 0.3 is 5.97 Å². The van der Waals surface area contributed by atoms with Gasteiger partial charge in [-0.15, -0.1) is 0 Å². The molecule has 4 heteroatoms. The molecule has 0 heterocycles. The van der Waals surface area contributed by atoms with Crippen molar-refractivity contribution in [1.82, 2.24) is 0 Å². The summed E-state index contributed by atoms with van der Waals surface area (Å²) >= 11 is 0. The van der Waals surface area contributed by atoms with Gasteiger partial charge in [0.2, 0.25) is 5.75 Å². The molecular weight excluding hydrogens is 232 g/mol. The molecule has 100 valence electrons. The summed E-state index contributed by atoms with van der Waals surface area (Å²) in [7, 11) is 0. The zero-order valence-corrected chi connectivity index (χ0v) is 11.2. The SMILES string of the molecule is CCCC(=O)Oc1c(OCC)cccc1OCC. The van der Waals surface area contributed by atoms with Gasteiger partial charge in [0.05, 0.1) is 13.2 Å². The minimum Gasteiger partial charge on any atom is -0.490 e. The van der Waals surface area contributed by atoms with E-state index in [0.717, 1.165) is 6.42 Å². The molecule has 0 radical (unpaired) electrons. The van der Waals surface area contributed by atoms with Gasteiger partial charge in [-0.3, -0.25) is 4.79 Å². The van der Waals surface area contributed by atoms with E-state index >= 15 is 0 Å². The normalized spacial score (nSPS) is 9.94. The van der Waals surface area contributed by atoms with Crippen molar-refractivity contribution < 1.29 is 19.0 Å². The van der Waals surface area contributed by atoms with Crippen LogP contribution in [0.3, 0.4) is 0 Å². The lowest BCUT2D eigenvalue weighted by Gasteiger charge is -2.14. The number of benzene rings is 1. The van der Waals surface area contributed by atoms with Crippen LogP contribution < -0.4 is 14.2 Å². The molecule has 0 aliphatic rings. The lowest BCUT2D eigenvalue weighted by molar-refractivity contribution is -0.134. The van der Waals surface area contributed by atoms with Crippen LogP contribution >= 0.6 is 0 Å². The van der Waals surface area contributed by atoms with Gasteiger partial charge < -0.3 is 14.2 Å². The van der Waals surface area contributed by atoms with E-state index in [1.54, 1.807) is 12.1 Å². The second-order valence-corrected chi connectivity index (χ2v) is 3.67. The van der Waals surface area contributed by atoms with Crippen LogP contribution in [-0.4, -0.2) is 19.2 Å². The first-order valence-corrected chi connectivity index (χ1v) is 6.32. The van der Waals surface area contributed by atoms with Crippen LogP contribution in [0.2, 0.25) is 0 Å². The highest BCUT2D eigenvalue weighted by molar-refractivity contribution is 5.74. The maximum absolute atomic E-state index is 11.6. The third-order valence-electron chi connectivity index (χ3n) is 2.21.